The van der Waals surface area contributed by atoms with Crippen LogP contribution in [0.25, 0.3) is 11.3 Å². The molecule has 45 heavy (non-hydrogen) atoms. The summed E-state index contributed by atoms with van der Waals surface area (Å²) >= 11 is 0. The second-order valence-corrected chi connectivity index (χ2v) is 13.3. The van der Waals surface area contributed by atoms with E-state index in [4.69, 9.17) is 14.5 Å². The van der Waals surface area contributed by atoms with Crippen LogP contribution in [0.15, 0.2) is 54.9 Å². The zero-order chi connectivity index (χ0) is 32.5. The first-order valence-electron chi connectivity index (χ1n) is 15.6. The number of rotatable bonds is 11. The number of carbonyl (C=O) groups is 2. The lowest BCUT2D eigenvalue weighted by atomic mass is 10.1. The van der Waals surface area contributed by atoms with Crippen molar-refractivity contribution in [2.75, 3.05) is 44.6 Å². The standard InChI is InChI=1S/C34H47N7O4/c1-33(2,3)44-30(42)24-41-19-17-40(18-20-41)23-25-9-7-10-28(21-25)38-31-36-16-13-29(39-31)26-12-15-35-27(22-26)11-8-14-37-32(43)45-34(4,5)6/h7,9-10,12-13,15-16,21-22H,8,11,14,17-20,23-24H2,1-6H3,(H,37,43)(H,36,38,39). The number of aryl methyl sites for hydroxylation is 1. The van der Waals surface area contributed by atoms with Gasteiger partial charge in [-0.3, -0.25) is 19.6 Å². The van der Waals surface area contributed by atoms with Gasteiger partial charge in [0.05, 0.1) is 12.2 Å². The van der Waals surface area contributed by atoms with Crippen LogP contribution in [0.3, 0.4) is 0 Å². The van der Waals surface area contributed by atoms with E-state index in [1.807, 2.05) is 71.9 Å². The highest BCUT2D eigenvalue weighted by atomic mass is 16.6. The van der Waals surface area contributed by atoms with Gasteiger partial charge in [0.25, 0.3) is 0 Å². The van der Waals surface area contributed by atoms with E-state index in [2.05, 4.69) is 42.5 Å². The molecule has 242 valence electrons. The molecule has 1 aromatic carbocycles. The molecule has 1 saturated heterocycles. The SMILES string of the molecule is CC(C)(C)OC(=O)CN1CCN(Cc2cccc(Nc3nccc(-c4ccnc(CCCNC(=O)OC(C)(C)C)c4)n3)c2)CC1. The minimum Gasteiger partial charge on any atom is -0.459 e. The number of esters is 1. The Hall–Kier alpha value is -4.09. The summed E-state index contributed by atoms with van der Waals surface area (Å²) < 4.78 is 10.8. The van der Waals surface area contributed by atoms with Gasteiger partial charge >= 0.3 is 12.1 Å². The van der Waals surface area contributed by atoms with E-state index < -0.39 is 17.3 Å². The van der Waals surface area contributed by atoms with E-state index in [-0.39, 0.29) is 5.97 Å². The van der Waals surface area contributed by atoms with E-state index in [0.717, 1.165) is 61.8 Å². The van der Waals surface area contributed by atoms with Gasteiger partial charge < -0.3 is 20.1 Å². The second-order valence-electron chi connectivity index (χ2n) is 13.3. The second kappa shape index (κ2) is 15.3. The quantitative estimate of drug-likeness (QED) is 0.219. The Bertz CT molecular complexity index is 1430. The highest BCUT2D eigenvalue weighted by molar-refractivity contribution is 5.72. The maximum Gasteiger partial charge on any atom is 0.407 e. The van der Waals surface area contributed by atoms with Crippen LogP contribution in [0, 0.1) is 0 Å². The molecule has 4 rings (SSSR count). The molecular weight excluding hydrogens is 570 g/mol. The minimum absolute atomic E-state index is 0.171. The molecule has 2 N–H and O–H groups in total. The average molecular weight is 618 g/mol. The van der Waals surface area contributed by atoms with Crippen molar-refractivity contribution in [3.05, 3.63) is 66.1 Å². The van der Waals surface area contributed by atoms with Gasteiger partial charge in [0, 0.05) is 68.6 Å². The van der Waals surface area contributed by atoms with Crippen LogP contribution in [-0.2, 0) is 27.2 Å². The van der Waals surface area contributed by atoms with Crippen molar-refractivity contribution in [1.29, 1.82) is 0 Å². The first-order valence-corrected chi connectivity index (χ1v) is 15.6. The Morgan fingerprint density at radius 2 is 1.58 bits per heavy atom. The predicted molar refractivity (Wildman–Crippen MR) is 175 cm³/mol. The molecule has 0 bridgehead atoms. The van der Waals surface area contributed by atoms with Crippen LogP contribution in [0.2, 0.25) is 0 Å². The molecule has 0 radical (unpaired) electrons. The minimum atomic E-state index is -0.517. The first kappa shape index (κ1) is 33.8. The van der Waals surface area contributed by atoms with Crippen molar-refractivity contribution in [3.8, 4) is 11.3 Å². The van der Waals surface area contributed by atoms with E-state index in [1.54, 1.807) is 12.4 Å². The molecule has 1 amide bonds. The normalized spacial score (nSPS) is 14.5. The Morgan fingerprint density at radius 3 is 2.31 bits per heavy atom. The Kier molecular flexibility index (Phi) is 11.5. The molecule has 0 spiro atoms. The number of alkyl carbamates (subject to hydrolysis) is 1. The summed E-state index contributed by atoms with van der Waals surface area (Å²) in [6, 6.07) is 14.1. The van der Waals surface area contributed by atoms with Crippen molar-refractivity contribution in [2.24, 2.45) is 0 Å². The van der Waals surface area contributed by atoms with Crippen molar-refractivity contribution in [1.82, 2.24) is 30.1 Å². The number of hydrogen-bond donors (Lipinski definition) is 2. The number of anilines is 2. The lowest BCUT2D eigenvalue weighted by Gasteiger charge is -2.34. The van der Waals surface area contributed by atoms with E-state index in [9.17, 15) is 9.59 Å². The average Bonchev–Trinajstić information content (AvgIpc) is 2.95. The fourth-order valence-corrected chi connectivity index (χ4v) is 4.92. The summed E-state index contributed by atoms with van der Waals surface area (Å²) in [6.07, 6.45) is 4.57. The van der Waals surface area contributed by atoms with Crippen molar-refractivity contribution >= 4 is 23.7 Å². The van der Waals surface area contributed by atoms with Crippen molar-refractivity contribution in [3.63, 3.8) is 0 Å². The predicted octanol–water partition coefficient (Wildman–Crippen LogP) is 5.20. The third kappa shape index (κ3) is 12.1. The van der Waals surface area contributed by atoms with Gasteiger partial charge in [0.2, 0.25) is 5.95 Å². The molecule has 0 saturated carbocycles. The van der Waals surface area contributed by atoms with Gasteiger partial charge in [-0.1, -0.05) is 12.1 Å². The number of pyridine rings is 1. The zero-order valence-corrected chi connectivity index (χ0v) is 27.4. The number of amides is 1. The van der Waals surface area contributed by atoms with E-state index >= 15 is 0 Å². The number of piperazine rings is 1. The van der Waals surface area contributed by atoms with Gasteiger partial charge in [-0.25, -0.2) is 14.8 Å². The highest BCUT2D eigenvalue weighted by Crippen LogP contribution is 2.22. The molecule has 3 aromatic rings. The molecule has 11 heteroatoms. The number of nitrogens with zero attached hydrogens (tertiary/aromatic N) is 5. The first-order chi connectivity index (χ1) is 21.3. The van der Waals surface area contributed by atoms with Gasteiger partial charge in [-0.05, 0) is 90.3 Å². The fourth-order valence-electron chi connectivity index (χ4n) is 4.92. The third-order valence-electron chi connectivity index (χ3n) is 6.87. The largest absolute Gasteiger partial charge is 0.459 e. The van der Waals surface area contributed by atoms with Crippen molar-refractivity contribution < 1.29 is 19.1 Å². The molecule has 11 nitrogen and oxygen atoms in total. The zero-order valence-electron chi connectivity index (χ0n) is 27.4. The number of benzene rings is 1. The lowest BCUT2D eigenvalue weighted by Crippen LogP contribution is -2.48. The maximum absolute atomic E-state index is 12.2. The number of ether oxygens (including phenoxy) is 2. The van der Waals surface area contributed by atoms with Gasteiger partial charge in [-0.15, -0.1) is 0 Å². The van der Waals surface area contributed by atoms with Gasteiger partial charge in [-0.2, -0.15) is 0 Å². The lowest BCUT2D eigenvalue weighted by molar-refractivity contribution is -0.156. The Morgan fingerprint density at radius 1 is 0.867 bits per heavy atom. The van der Waals surface area contributed by atoms with Gasteiger partial charge in [0.1, 0.15) is 11.2 Å². The van der Waals surface area contributed by atoms with Crippen LogP contribution in [0.1, 0.15) is 59.2 Å². The van der Waals surface area contributed by atoms with Crippen LogP contribution in [0.4, 0.5) is 16.4 Å². The molecular formula is C34H47N7O4. The molecule has 1 aliphatic rings. The molecule has 2 aromatic heterocycles. The molecule has 3 heterocycles. The van der Waals surface area contributed by atoms with Crippen LogP contribution < -0.4 is 10.6 Å². The molecule has 0 unspecified atom stereocenters. The topological polar surface area (TPSA) is 122 Å². The van der Waals surface area contributed by atoms with Crippen LogP contribution in [0.5, 0.6) is 0 Å². The summed E-state index contributed by atoms with van der Waals surface area (Å²) in [7, 11) is 0. The molecule has 0 aliphatic carbocycles. The number of nitrogens with one attached hydrogen (secondary N) is 2. The monoisotopic (exact) mass is 617 g/mol. The summed E-state index contributed by atoms with van der Waals surface area (Å²) in [5, 5.41) is 6.14. The van der Waals surface area contributed by atoms with Crippen LogP contribution >= 0.6 is 0 Å². The Balaban J connectivity index is 1.27. The number of carbonyl (C=O) groups excluding carboxylic acids is 2. The van der Waals surface area contributed by atoms with Gasteiger partial charge in [0.15, 0.2) is 0 Å². The molecule has 1 fully saturated rings. The smallest absolute Gasteiger partial charge is 0.407 e. The van der Waals surface area contributed by atoms with Crippen molar-refractivity contribution in [2.45, 2.75) is 72.1 Å². The summed E-state index contributed by atoms with van der Waals surface area (Å²) in [5.41, 5.74) is 3.80. The highest BCUT2D eigenvalue weighted by Gasteiger charge is 2.22. The summed E-state index contributed by atoms with van der Waals surface area (Å²) in [5.74, 6) is 0.343. The Labute approximate surface area is 266 Å². The molecule has 1 aliphatic heterocycles. The molecule has 0 atom stereocenters. The summed E-state index contributed by atoms with van der Waals surface area (Å²) in [6.45, 7) is 16.3. The number of hydrogen-bond acceptors (Lipinski definition) is 10. The van der Waals surface area contributed by atoms with Crippen LogP contribution in [-0.4, -0.2) is 87.3 Å². The van der Waals surface area contributed by atoms with E-state index in [1.165, 1.54) is 5.56 Å². The van der Waals surface area contributed by atoms with E-state index in [0.29, 0.717) is 25.5 Å². The fraction of sp³-hybridized carbons (Fsp3) is 0.500. The number of aromatic nitrogens is 3. The maximum atomic E-state index is 12.2. The summed E-state index contributed by atoms with van der Waals surface area (Å²) in [4.78, 5) is 42.3. The third-order valence-corrected chi connectivity index (χ3v) is 6.87.